The van der Waals surface area contributed by atoms with Crippen molar-refractivity contribution in [1.82, 2.24) is 9.21 Å². The van der Waals surface area contributed by atoms with Crippen LogP contribution in [0.4, 0.5) is 11.4 Å². The molecule has 3 aromatic rings. The monoisotopic (exact) mass is 441 g/mol. The quantitative estimate of drug-likeness (QED) is 0.651. The van der Waals surface area contributed by atoms with Gasteiger partial charge in [0, 0.05) is 36.7 Å². The molecule has 2 aromatic carbocycles. The summed E-state index contributed by atoms with van der Waals surface area (Å²) < 4.78 is 27.5. The zero-order valence-electron chi connectivity index (χ0n) is 16.6. The predicted octanol–water partition coefficient (Wildman–Crippen LogP) is 3.95. The molecule has 6 nitrogen and oxygen atoms in total. The number of carbonyl (C=O) groups excluding carboxylic acids is 1. The van der Waals surface area contributed by atoms with E-state index in [1.807, 2.05) is 61.5 Å². The van der Waals surface area contributed by atoms with Crippen molar-refractivity contribution in [3.63, 3.8) is 0 Å². The number of hydrogen-bond acceptors (Lipinski definition) is 5. The first-order valence-electron chi connectivity index (χ1n) is 9.72. The van der Waals surface area contributed by atoms with Gasteiger partial charge in [0.15, 0.2) is 0 Å². The van der Waals surface area contributed by atoms with E-state index in [1.54, 1.807) is 17.0 Å². The van der Waals surface area contributed by atoms with E-state index in [-0.39, 0.29) is 5.91 Å². The molecule has 0 atom stereocenters. The maximum absolute atomic E-state index is 13.2. The minimum atomic E-state index is -3.50. The van der Waals surface area contributed by atoms with Gasteiger partial charge < -0.3 is 10.2 Å². The topological polar surface area (TPSA) is 69.7 Å². The first-order chi connectivity index (χ1) is 14.4. The van der Waals surface area contributed by atoms with Crippen LogP contribution in [0.3, 0.4) is 0 Å². The van der Waals surface area contributed by atoms with Crippen LogP contribution < -0.4 is 5.32 Å². The second kappa shape index (κ2) is 8.59. The molecule has 0 radical (unpaired) electrons. The van der Waals surface area contributed by atoms with E-state index in [2.05, 4.69) is 5.32 Å². The molecule has 156 valence electrons. The van der Waals surface area contributed by atoms with Gasteiger partial charge in [-0.3, -0.25) is 4.79 Å². The Morgan fingerprint density at radius 3 is 2.23 bits per heavy atom. The number of piperazine rings is 1. The fourth-order valence-corrected chi connectivity index (χ4v) is 6.30. The summed E-state index contributed by atoms with van der Waals surface area (Å²) in [6, 6.07) is 20.5. The number of rotatable bonds is 5. The number of benzene rings is 2. The summed E-state index contributed by atoms with van der Waals surface area (Å²) in [6.07, 6.45) is 0. The number of aryl methyl sites for hydroxylation is 1. The summed E-state index contributed by atoms with van der Waals surface area (Å²) in [5, 5.41) is 3.30. The van der Waals surface area contributed by atoms with Gasteiger partial charge in [-0.15, -0.1) is 11.3 Å². The van der Waals surface area contributed by atoms with E-state index in [9.17, 15) is 13.2 Å². The van der Waals surface area contributed by atoms with Crippen LogP contribution in [0.1, 0.15) is 15.2 Å². The molecule has 30 heavy (non-hydrogen) atoms. The molecule has 2 heterocycles. The van der Waals surface area contributed by atoms with Crippen LogP contribution in [0.5, 0.6) is 0 Å². The molecule has 0 bridgehead atoms. The smallest absolute Gasteiger partial charge is 0.256 e. The molecule has 1 aliphatic heterocycles. The molecule has 1 aliphatic rings. The van der Waals surface area contributed by atoms with Gasteiger partial charge in [0.05, 0.1) is 11.3 Å². The van der Waals surface area contributed by atoms with Crippen molar-refractivity contribution in [1.29, 1.82) is 0 Å². The van der Waals surface area contributed by atoms with Crippen LogP contribution in [-0.4, -0.2) is 49.7 Å². The average Bonchev–Trinajstić information content (AvgIpc) is 3.22. The van der Waals surface area contributed by atoms with E-state index < -0.39 is 10.0 Å². The van der Waals surface area contributed by atoms with Gasteiger partial charge in [-0.1, -0.05) is 30.3 Å². The number of amides is 1. The lowest BCUT2D eigenvalue weighted by atomic mass is 10.1. The molecule has 1 N–H and O–H groups in total. The van der Waals surface area contributed by atoms with E-state index in [4.69, 9.17) is 0 Å². The zero-order valence-corrected chi connectivity index (χ0v) is 18.2. The van der Waals surface area contributed by atoms with Gasteiger partial charge in [0.1, 0.15) is 4.21 Å². The molecular weight excluding hydrogens is 418 g/mol. The highest BCUT2D eigenvalue weighted by Gasteiger charge is 2.31. The van der Waals surface area contributed by atoms with Gasteiger partial charge in [-0.05, 0) is 43.3 Å². The summed E-state index contributed by atoms with van der Waals surface area (Å²) >= 11 is 1.28. The number of nitrogens with one attached hydrogen (secondary N) is 1. The van der Waals surface area contributed by atoms with Gasteiger partial charge >= 0.3 is 0 Å². The summed E-state index contributed by atoms with van der Waals surface area (Å²) in [4.78, 5) is 15.8. The van der Waals surface area contributed by atoms with Gasteiger partial charge in [0.2, 0.25) is 0 Å². The number of nitrogens with zero attached hydrogens (tertiary/aromatic N) is 2. The largest absolute Gasteiger partial charge is 0.355 e. The molecule has 0 saturated carbocycles. The second-order valence-corrected chi connectivity index (χ2v) is 10.6. The lowest BCUT2D eigenvalue weighted by Crippen LogP contribution is -2.50. The molecule has 1 aromatic heterocycles. The third-order valence-corrected chi connectivity index (χ3v) is 8.41. The van der Waals surface area contributed by atoms with Crippen molar-refractivity contribution in [2.24, 2.45) is 0 Å². The van der Waals surface area contributed by atoms with Crippen LogP contribution >= 0.6 is 11.3 Å². The third-order valence-electron chi connectivity index (χ3n) is 5.05. The fourth-order valence-electron chi connectivity index (χ4n) is 3.44. The Labute approximate surface area is 180 Å². The van der Waals surface area contributed by atoms with Crippen LogP contribution in [0, 0.1) is 6.92 Å². The zero-order chi connectivity index (χ0) is 21.1. The van der Waals surface area contributed by atoms with Crippen molar-refractivity contribution in [3.8, 4) is 0 Å². The van der Waals surface area contributed by atoms with Crippen molar-refractivity contribution < 1.29 is 13.2 Å². The Hall–Kier alpha value is -2.68. The van der Waals surface area contributed by atoms with E-state index >= 15 is 0 Å². The number of para-hydroxylation sites is 2. The SMILES string of the molecule is Cc1ccc(S(=O)(=O)N2CCN(C(=O)c3ccccc3Nc3ccccc3)CC2)s1. The van der Waals surface area contributed by atoms with Crippen molar-refractivity contribution in [3.05, 3.63) is 77.2 Å². The number of hydrogen-bond donors (Lipinski definition) is 1. The third kappa shape index (κ3) is 4.26. The standard InChI is InChI=1S/C22H23N3O3S2/c1-17-11-12-21(29-17)30(27,28)25-15-13-24(14-16-25)22(26)19-9-5-6-10-20(19)23-18-7-3-2-4-8-18/h2-12,23H,13-16H2,1H3. The van der Waals surface area contributed by atoms with Crippen LogP contribution in [0.2, 0.25) is 0 Å². The number of carbonyl (C=O) groups is 1. The first kappa shape index (κ1) is 20.6. The number of thiophene rings is 1. The van der Waals surface area contributed by atoms with Crippen molar-refractivity contribution >= 4 is 38.6 Å². The average molecular weight is 442 g/mol. The van der Waals surface area contributed by atoms with E-state index in [0.717, 1.165) is 16.3 Å². The predicted molar refractivity (Wildman–Crippen MR) is 120 cm³/mol. The summed E-state index contributed by atoms with van der Waals surface area (Å²) in [7, 11) is -3.50. The Balaban J connectivity index is 1.46. The Bertz CT molecular complexity index is 1140. The Morgan fingerprint density at radius 1 is 0.900 bits per heavy atom. The highest BCUT2D eigenvalue weighted by atomic mass is 32.2. The molecule has 0 unspecified atom stereocenters. The molecule has 0 aliphatic carbocycles. The van der Waals surface area contributed by atoms with Crippen molar-refractivity contribution in [2.45, 2.75) is 11.1 Å². The minimum Gasteiger partial charge on any atom is -0.355 e. The van der Waals surface area contributed by atoms with Crippen molar-refractivity contribution in [2.75, 3.05) is 31.5 Å². The Kier molecular flexibility index (Phi) is 5.90. The maximum atomic E-state index is 13.2. The molecular formula is C22H23N3O3S2. The molecule has 4 rings (SSSR count). The summed E-state index contributed by atoms with van der Waals surface area (Å²) in [5.41, 5.74) is 2.21. The summed E-state index contributed by atoms with van der Waals surface area (Å²) in [5.74, 6) is -0.0990. The van der Waals surface area contributed by atoms with E-state index in [1.165, 1.54) is 15.6 Å². The molecule has 1 fully saturated rings. The highest BCUT2D eigenvalue weighted by Crippen LogP contribution is 2.26. The lowest BCUT2D eigenvalue weighted by Gasteiger charge is -2.34. The number of anilines is 2. The Morgan fingerprint density at radius 2 is 1.57 bits per heavy atom. The minimum absolute atomic E-state index is 0.0990. The highest BCUT2D eigenvalue weighted by molar-refractivity contribution is 7.91. The lowest BCUT2D eigenvalue weighted by molar-refractivity contribution is 0.0699. The van der Waals surface area contributed by atoms with Crippen LogP contribution in [0.25, 0.3) is 0 Å². The van der Waals surface area contributed by atoms with E-state index in [0.29, 0.717) is 36.0 Å². The van der Waals surface area contributed by atoms with Gasteiger partial charge in [0.25, 0.3) is 15.9 Å². The first-order valence-corrected chi connectivity index (χ1v) is 12.0. The maximum Gasteiger partial charge on any atom is 0.256 e. The summed E-state index contributed by atoms with van der Waals surface area (Å²) in [6.45, 7) is 3.20. The van der Waals surface area contributed by atoms with Crippen LogP contribution in [-0.2, 0) is 10.0 Å². The van der Waals surface area contributed by atoms with Gasteiger partial charge in [-0.25, -0.2) is 8.42 Å². The molecule has 1 saturated heterocycles. The number of sulfonamides is 1. The normalized spacial score (nSPS) is 15.2. The van der Waals surface area contributed by atoms with Crippen LogP contribution in [0.15, 0.2) is 70.9 Å². The molecule has 0 spiro atoms. The fraction of sp³-hybridized carbons (Fsp3) is 0.227. The molecule has 1 amide bonds. The molecule has 8 heteroatoms. The van der Waals surface area contributed by atoms with Gasteiger partial charge in [-0.2, -0.15) is 4.31 Å². The second-order valence-electron chi connectivity index (χ2n) is 7.10.